The fraction of sp³-hybridized carbons (Fsp3) is 0.455. The molecule has 2 saturated heterocycles. The quantitative estimate of drug-likeness (QED) is 0.848. The average molecular weight is 365 g/mol. The van der Waals surface area contributed by atoms with Crippen LogP contribution in [0, 0.1) is 0 Å². The van der Waals surface area contributed by atoms with Crippen LogP contribution < -0.4 is 5.32 Å². The van der Waals surface area contributed by atoms with Crippen molar-refractivity contribution >= 4 is 11.7 Å². The van der Waals surface area contributed by atoms with E-state index in [0.717, 1.165) is 55.7 Å². The smallest absolute Gasteiger partial charge is 0.228 e. The Hall–Kier alpha value is -2.40. The third-order valence-electron chi connectivity index (χ3n) is 6.21. The molecule has 1 N–H and O–H groups in total. The maximum atomic E-state index is 12.6. The van der Waals surface area contributed by atoms with Crippen LogP contribution in [0.2, 0.25) is 0 Å². The van der Waals surface area contributed by atoms with Gasteiger partial charge < -0.3 is 9.88 Å². The molecule has 1 atom stereocenters. The number of carbonyl (C=O) groups excluding carboxylic acids is 2. The van der Waals surface area contributed by atoms with Gasteiger partial charge in [0.2, 0.25) is 5.91 Å². The summed E-state index contributed by atoms with van der Waals surface area (Å²) >= 11 is 0. The van der Waals surface area contributed by atoms with Crippen LogP contribution in [0.1, 0.15) is 53.7 Å². The molecule has 1 unspecified atom stereocenters. The van der Waals surface area contributed by atoms with Gasteiger partial charge in [0, 0.05) is 49.7 Å². The molecule has 5 heteroatoms. The minimum absolute atomic E-state index is 0.0243. The van der Waals surface area contributed by atoms with Crippen molar-refractivity contribution in [2.24, 2.45) is 7.05 Å². The van der Waals surface area contributed by atoms with Gasteiger partial charge in [-0.15, -0.1) is 0 Å². The van der Waals surface area contributed by atoms with Gasteiger partial charge in [0.25, 0.3) is 0 Å². The molecule has 2 aliphatic heterocycles. The molecular weight excluding hydrogens is 338 g/mol. The summed E-state index contributed by atoms with van der Waals surface area (Å²) in [6.45, 7) is 4.37. The van der Waals surface area contributed by atoms with Crippen molar-refractivity contribution in [2.75, 3.05) is 13.1 Å². The van der Waals surface area contributed by atoms with Gasteiger partial charge in [0.05, 0.1) is 5.92 Å². The lowest BCUT2D eigenvalue weighted by molar-refractivity contribution is -0.121. The van der Waals surface area contributed by atoms with E-state index in [0.29, 0.717) is 0 Å². The highest BCUT2D eigenvalue weighted by atomic mass is 16.2. The molecule has 0 saturated carbocycles. The summed E-state index contributed by atoms with van der Waals surface area (Å²) in [5, 5.41) is 3.32. The van der Waals surface area contributed by atoms with E-state index in [1.54, 1.807) is 6.92 Å². The predicted octanol–water partition coefficient (Wildman–Crippen LogP) is 2.87. The highest BCUT2D eigenvalue weighted by Gasteiger charge is 2.46. The first-order valence-corrected chi connectivity index (χ1v) is 9.71. The van der Waals surface area contributed by atoms with Crippen molar-refractivity contribution < 1.29 is 9.59 Å². The van der Waals surface area contributed by atoms with E-state index >= 15 is 0 Å². The number of ketones is 1. The minimum atomic E-state index is -0.0627. The van der Waals surface area contributed by atoms with Crippen molar-refractivity contribution in [3.63, 3.8) is 0 Å². The first-order valence-electron chi connectivity index (χ1n) is 9.71. The third-order valence-corrected chi connectivity index (χ3v) is 6.21. The first-order chi connectivity index (χ1) is 13.0. The van der Waals surface area contributed by atoms with E-state index in [9.17, 15) is 9.59 Å². The lowest BCUT2D eigenvalue weighted by atomic mass is 9.82. The van der Waals surface area contributed by atoms with Crippen molar-refractivity contribution in [3.05, 3.63) is 59.4 Å². The molecule has 0 radical (unpaired) electrons. The van der Waals surface area contributed by atoms with Crippen LogP contribution >= 0.6 is 0 Å². The normalized spacial score (nSPS) is 22.1. The number of aryl methyl sites for hydroxylation is 1. The molecule has 5 nitrogen and oxygen atoms in total. The number of hydrogen-bond acceptors (Lipinski definition) is 3. The van der Waals surface area contributed by atoms with Gasteiger partial charge in [0.1, 0.15) is 0 Å². The van der Waals surface area contributed by atoms with Gasteiger partial charge in [-0.05, 0) is 37.8 Å². The van der Waals surface area contributed by atoms with Crippen LogP contribution in [0.15, 0.2) is 42.6 Å². The van der Waals surface area contributed by atoms with Gasteiger partial charge in [0.15, 0.2) is 5.78 Å². The molecule has 0 aliphatic carbocycles. The molecule has 0 bridgehead atoms. The number of nitrogens with one attached hydrogen (secondary N) is 1. The zero-order chi connectivity index (χ0) is 19.0. The number of Topliss-reactive ketones (excluding diaryl/α,β-unsaturated/α-hetero) is 1. The maximum absolute atomic E-state index is 12.6. The summed E-state index contributed by atoms with van der Waals surface area (Å²) < 4.78 is 2.05. The molecule has 1 aromatic carbocycles. The summed E-state index contributed by atoms with van der Waals surface area (Å²) in [5.41, 5.74) is 2.99. The molecular formula is C22H27N3O2. The van der Waals surface area contributed by atoms with E-state index in [2.05, 4.69) is 22.3 Å². The Morgan fingerprint density at radius 1 is 1.22 bits per heavy atom. The lowest BCUT2D eigenvalue weighted by Crippen LogP contribution is -2.50. The first kappa shape index (κ1) is 18.0. The number of carbonyl (C=O) groups is 2. The van der Waals surface area contributed by atoms with Gasteiger partial charge in [-0.1, -0.05) is 30.3 Å². The largest absolute Gasteiger partial charge is 0.353 e. The number of benzene rings is 1. The second-order valence-corrected chi connectivity index (χ2v) is 8.10. The molecule has 2 aliphatic rings. The van der Waals surface area contributed by atoms with Crippen molar-refractivity contribution in [1.29, 1.82) is 0 Å². The van der Waals surface area contributed by atoms with E-state index < -0.39 is 0 Å². The molecule has 3 heterocycles. The molecule has 27 heavy (non-hydrogen) atoms. The standard InChI is InChI=1S/C22H27N3O2/c1-16(26)18-12-19(24(2)14-18)15-25-10-8-22(9-11-25)13-20(21(27)23-22)17-6-4-3-5-7-17/h3-7,12,14,20H,8-11,13,15H2,1-2H3,(H,23,27). The van der Waals surface area contributed by atoms with Gasteiger partial charge >= 0.3 is 0 Å². The molecule has 1 spiro atoms. The molecule has 1 aromatic heterocycles. The summed E-state index contributed by atoms with van der Waals surface area (Å²) in [6, 6.07) is 12.1. The molecule has 4 rings (SSSR count). The number of rotatable bonds is 4. The molecule has 2 aromatic rings. The second-order valence-electron chi connectivity index (χ2n) is 8.10. The number of aromatic nitrogens is 1. The third kappa shape index (κ3) is 3.56. The minimum Gasteiger partial charge on any atom is -0.353 e. The number of piperidine rings is 1. The highest BCUT2D eigenvalue weighted by Crippen LogP contribution is 2.39. The Balaban J connectivity index is 1.39. The summed E-state index contributed by atoms with van der Waals surface area (Å²) in [6.07, 6.45) is 4.76. The highest BCUT2D eigenvalue weighted by molar-refractivity contribution is 5.94. The fourth-order valence-electron chi connectivity index (χ4n) is 4.49. The second kappa shape index (κ2) is 6.97. The Morgan fingerprint density at radius 3 is 2.56 bits per heavy atom. The van der Waals surface area contributed by atoms with Crippen molar-refractivity contribution in [3.8, 4) is 0 Å². The van der Waals surface area contributed by atoms with E-state index in [1.165, 1.54) is 0 Å². The maximum Gasteiger partial charge on any atom is 0.228 e. The Kier molecular flexibility index (Phi) is 4.64. The van der Waals surface area contributed by atoms with Gasteiger partial charge in [-0.2, -0.15) is 0 Å². The van der Waals surface area contributed by atoms with Crippen LogP contribution in [0.5, 0.6) is 0 Å². The van der Waals surface area contributed by atoms with E-state index in [-0.39, 0.29) is 23.1 Å². The molecule has 142 valence electrons. The Bertz CT molecular complexity index is 848. The molecule has 2 fully saturated rings. The average Bonchev–Trinajstić information content (AvgIpc) is 3.18. The summed E-state index contributed by atoms with van der Waals surface area (Å²) in [7, 11) is 1.99. The van der Waals surface area contributed by atoms with Crippen LogP contribution in [0.4, 0.5) is 0 Å². The van der Waals surface area contributed by atoms with Gasteiger partial charge in [-0.3, -0.25) is 14.5 Å². The SMILES string of the molecule is CC(=O)c1cc(CN2CCC3(CC2)CC(c2ccccc2)C(=O)N3)n(C)c1. The van der Waals surface area contributed by atoms with E-state index in [1.807, 2.05) is 42.1 Å². The number of likely N-dealkylation sites (tertiary alicyclic amines) is 1. The van der Waals surface area contributed by atoms with Crippen molar-refractivity contribution in [2.45, 2.75) is 44.2 Å². The lowest BCUT2D eigenvalue weighted by Gasteiger charge is -2.39. The van der Waals surface area contributed by atoms with Crippen LogP contribution in [-0.2, 0) is 18.4 Å². The molecule has 1 amide bonds. The topological polar surface area (TPSA) is 54.3 Å². The Morgan fingerprint density at radius 2 is 1.93 bits per heavy atom. The zero-order valence-electron chi connectivity index (χ0n) is 16.1. The van der Waals surface area contributed by atoms with Crippen LogP contribution in [-0.4, -0.2) is 39.8 Å². The number of nitrogens with zero attached hydrogens (tertiary/aromatic N) is 2. The summed E-state index contributed by atoms with van der Waals surface area (Å²) in [4.78, 5) is 26.6. The monoisotopic (exact) mass is 365 g/mol. The van der Waals surface area contributed by atoms with Crippen LogP contribution in [0.3, 0.4) is 0 Å². The summed E-state index contributed by atoms with van der Waals surface area (Å²) in [5.74, 6) is 0.252. The van der Waals surface area contributed by atoms with E-state index in [4.69, 9.17) is 0 Å². The number of amides is 1. The fourth-order valence-corrected chi connectivity index (χ4v) is 4.49. The van der Waals surface area contributed by atoms with Crippen LogP contribution in [0.25, 0.3) is 0 Å². The predicted molar refractivity (Wildman–Crippen MR) is 105 cm³/mol. The van der Waals surface area contributed by atoms with Crippen molar-refractivity contribution in [1.82, 2.24) is 14.8 Å². The van der Waals surface area contributed by atoms with Gasteiger partial charge in [-0.25, -0.2) is 0 Å². The zero-order valence-corrected chi connectivity index (χ0v) is 16.1. The number of hydrogen-bond donors (Lipinski definition) is 1. The Labute approximate surface area is 160 Å².